The van der Waals surface area contributed by atoms with E-state index in [4.69, 9.17) is 11.6 Å². The number of nitrogens with zero attached hydrogens (tertiary/aromatic N) is 3. The summed E-state index contributed by atoms with van der Waals surface area (Å²) in [7, 11) is 0. The maximum absolute atomic E-state index is 14.0. The van der Waals surface area contributed by atoms with Crippen LogP contribution >= 0.6 is 11.6 Å². The van der Waals surface area contributed by atoms with E-state index in [2.05, 4.69) is 9.68 Å². The van der Waals surface area contributed by atoms with Crippen molar-refractivity contribution in [2.45, 2.75) is 44.8 Å². The van der Waals surface area contributed by atoms with Gasteiger partial charge in [-0.1, -0.05) is 22.8 Å². The molecule has 2 heterocycles. The Bertz CT molecular complexity index is 801. The highest BCUT2D eigenvalue weighted by molar-refractivity contribution is 6.31. The standard InChI is InChI=1S/C16H17ClF3N3O2/c1-10-7-16(19,20)5-6-22(10)9-14-21-25-15(24)23(14)8-11-12(17)3-2-4-13(11)18/h2-4,10H,5-9H2,1H3. The molecule has 3 rings (SSSR count). The van der Waals surface area contributed by atoms with Gasteiger partial charge in [-0.3, -0.25) is 14.0 Å². The van der Waals surface area contributed by atoms with E-state index in [-0.39, 0.29) is 54.9 Å². The summed E-state index contributed by atoms with van der Waals surface area (Å²) in [5.74, 6) is -3.72. The molecule has 136 valence electrons. The Labute approximate surface area is 147 Å². The molecule has 25 heavy (non-hydrogen) atoms. The van der Waals surface area contributed by atoms with Crippen LogP contribution in [0.1, 0.15) is 31.2 Å². The molecule has 1 aromatic heterocycles. The number of rotatable bonds is 4. The van der Waals surface area contributed by atoms with Crippen LogP contribution in [0.2, 0.25) is 5.02 Å². The molecule has 1 unspecified atom stereocenters. The highest BCUT2D eigenvalue weighted by atomic mass is 35.5. The number of hydrogen-bond acceptors (Lipinski definition) is 4. The van der Waals surface area contributed by atoms with Gasteiger partial charge in [0.05, 0.1) is 13.1 Å². The van der Waals surface area contributed by atoms with Gasteiger partial charge in [-0.15, -0.1) is 0 Å². The quantitative estimate of drug-likeness (QED) is 0.822. The van der Waals surface area contributed by atoms with E-state index in [1.54, 1.807) is 11.8 Å². The van der Waals surface area contributed by atoms with Crippen molar-refractivity contribution in [3.63, 3.8) is 0 Å². The van der Waals surface area contributed by atoms with Gasteiger partial charge < -0.3 is 0 Å². The molecule has 5 nitrogen and oxygen atoms in total. The number of benzene rings is 1. The van der Waals surface area contributed by atoms with Crippen molar-refractivity contribution in [1.29, 1.82) is 0 Å². The Morgan fingerprint density at radius 2 is 2.16 bits per heavy atom. The molecule has 0 bridgehead atoms. The fourth-order valence-corrected chi connectivity index (χ4v) is 3.24. The third-order valence-corrected chi connectivity index (χ3v) is 4.82. The molecule has 0 radical (unpaired) electrons. The van der Waals surface area contributed by atoms with Crippen molar-refractivity contribution in [2.75, 3.05) is 6.54 Å². The summed E-state index contributed by atoms with van der Waals surface area (Å²) in [4.78, 5) is 13.7. The van der Waals surface area contributed by atoms with Gasteiger partial charge in [0.2, 0.25) is 0 Å². The van der Waals surface area contributed by atoms with E-state index in [0.29, 0.717) is 0 Å². The van der Waals surface area contributed by atoms with Crippen LogP contribution < -0.4 is 5.76 Å². The van der Waals surface area contributed by atoms with Gasteiger partial charge in [0, 0.05) is 36.0 Å². The van der Waals surface area contributed by atoms with E-state index in [1.165, 1.54) is 22.8 Å². The zero-order chi connectivity index (χ0) is 18.2. The number of halogens is 4. The first-order chi connectivity index (χ1) is 11.8. The Morgan fingerprint density at radius 1 is 1.40 bits per heavy atom. The average molecular weight is 376 g/mol. The van der Waals surface area contributed by atoms with Gasteiger partial charge >= 0.3 is 5.76 Å². The molecule has 0 N–H and O–H groups in total. The molecule has 1 fully saturated rings. The highest BCUT2D eigenvalue weighted by Crippen LogP contribution is 2.32. The van der Waals surface area contributed by atoms with Crippen LogP contribution in [0.5, 0.6) is 0 Å². The Hall–Kier alpha value is -1.80. The van der Waals surface area contributed by atoms with E-state index in [9.17, 15) is 18.0 Å². The van der Waals surface area contributed by atoms with Gasteiger partial charge in [-0.25, -0.2) is 18.0 Å². The number of hydrogen-bond donors (Lipinski definition) is 0. The van der Waals surface area contributed by atoms with Crippen LogP contribution in [0.3, 0.4) is 0 Å². The van der Waals surface area contributed by atoms with E-state index in [1.807, 2.05) is 0 Å². The average Bonchev–Trinajstić information content (AvgIpc) is 2.86. The molecule has 1 aromatic carbocycles. The van der Waals surface area contributed by atoms with Crippen LogP contribution in [0.4, 0.5) is 13.2 Å². The van der Waals surface area contributed by atoms with Gasteiger partial charge in [-0.2, -0.15) is 0 Å². The maximum atomic E-state index is 14.0. The Kier molecular flexibility index (Phi) is 4.92. The summed E-state index contributed by atoms with van der Waals surface area (Å²) in [6, 6.07) is 3.86. The van der Waals surface area contributed by atoms with Gasteiger partial charge in [0.25, 0.3) is 5.92 Å². The first kappa shape index (κ1) is 18.0. The second-order valence-corrected chi connectivity index (χ2v) is 6.69. The number of piperidine rings is 1. The van der Waals surface area contributed by atoms with E-state index < -0.39 is 17.5 Å². The SMILES string of the molecule is CC1CC(F)(F)CCN1Cc1noc(=O)n1Cc1c(F)cccc1Cl. The zero-order valence-corrected chi connectivity index (χ0v) is 14.3. The van der Waals surface area contributed by atoms with Crippen LogP contribution in [-0.4, -0.2) is 33.1 Å². The summed E-state index contributed by atoms with van der Waals surface area (Å²) < 4.78 is 46.7. The third kappa shape index (κ3) is 3.90. The molecule has 0 amide bonds. The van der Waals surface area contributed by atoms with Crippen LogP contribution in [0.25, 0.3) is 0 Å². The van der Waals surface area contributed by atoms with Crippen molar-refractivity contribution < 1.29 is 17.7 Å². The lowest BCUT2D eigenvalue weighted by atomic mass is 10.00. The molecule has 2 aromatic rings. The van der Waals surface area contributed by atoms with Crippen molar-refractivity contribution in [2.24, 2.45) is 0 Å². The number of likely N-dealkylation sites (tertiary alicyclic amines) is 1. The fraction of sp³-hybridized carbons (Fsp3) is 0.500. The Morgan fingerprint density at radius 3 is 2.84 bits per heavy atom. The first-order valence-corrected chi connectivity index (χ1v) is 8.25. The summed E-state index contributed by atoms with van der Waals surface area (Å²) in [6.07, 6.45) is -0.507. The van der Waals surface area contributed by atoms with Gasteiger partial charge in [0.15, 0.2) is 5.82 Å². The lowest BCUT2D eigenvalue weighted by molar-refractivity contribution is -0.0772. The number of aromatic nitrogens is 2. The summed E-state index contributed by atoms with van der Waals surface area (Å²) in [6.45, 7) is 1.90. The van der Waals surface area contributed by atoms with Gasteiger partial charge in [0.1, 0.15) is 5.82 Å². The lowest BCUT2D eigenvalue weighted by Crippen LogP contribution is -2.45. The van der Waals surface area contributed by atoms with E-state index in [0.717, 1.165) is 0 Å². The Balaban J connectivity index is 1.82. The van der Waals surface area contributed by atoms with E-state index >= 15 is 0 Å². The second-order valence-electron chi connectivity index (χ2n) is 6.28. The maximum Gasteiger partial charge on any atom is 0.441 e. The second kappa shape index (κ2) is 6.84. The molecule has 0 aliphatic carbocycles. The van der Waals surface area contributed by atoms with Gasteiger partial charge in [-0.05, 0) is 19.1 Å². The molecular weight excluding hydrogens is 359 g/mol. The molecule has 0 saturated carbocycles. The molecule has 1 aliphatic rings. The molecule has 9 heteroatoms. The summed E-state index contributed by atoms with van der Waals surface area (Å²) >= 11 is 6.00. The molecule has 1 saturated heterocycles. The minimum Gasteiger partial charge on any atom is -0.296 e. The molecule has 1 aliphatic heterocycles. The monoisotopic (exact) mass is 375 g/mol. The third-order valence-electron chi connectivity index (χ3n) is 4.47. The number of alkyl halides is 2. The van der Waals surface area contributed by atoms with Crippen molar-refractivity contribution in [3.05, 3.63) is 51.0 Å². The predicted octanol–water partition coefficient (Wildman–Crippen LogP) is 3.30. The smallest absolute Gasteiger partial charge is 0.296 e. The zero-order valence-electron chi connectivity index (χ0n) is 13.5. The lowest BCUT2D eigenvalue weighted by Gasteiger charge is -2.36. The minimum absolute atomic E-state index is 0.137. The van der Waals surface area contributed by atoms with Crippen molar-refractivity contribution in [1.82, 2.24) is 14.6 Å². The molecule has 1 atom stereocenters. The largest absolute Gasteiger partial charge is 0.441 e. The molecular formula is C16H17ClF3N3O2. The van der Waals surface area contributed by atoms with Crippen LogP contribution in [0, 0.1) is 5.82 Å². The normalized spacial score (nSPS) is 20.8. The summed E-state index contributed by atoms with van der Waals surface area (Å²) in [5.41, 5.74) is 0.147. The first-order valence-electron chi connectivity index (χ1n) is 7.87. The topological polar surface area (TPSA) is 51.3 Å². The van der Waals surface area contributed by atoms with Crippen molar-refractivity contribution in [3.8, 4) is 0 Å². The fourth-order valence-electron chi connectivity index (χ4n) is 3.01. The van der Waals surface area contributed by atoms with Crippen molar-refractivity contribution >= 4 is 11.6 Å². The summed E-state index contributed by atoms with van der Waals surface area (Å²) in [5, 5.41) is 3.90. The highest BCUT2D eigenvalue weighted by Gasteiger charge is 2.38. The van der Waals surface area contributed by atoms with Crippen LogP contribution in [-0.2, 0) is 13.1 Å². The minimum atomic E-state index is -2.68. The predicted molar refractivity (Wildman–Crippen MR) is 85.3 cm³/mol. The molecule has 0 spiro atoms. The van der Waals surface area contributed by atoms with Crippen LogP contribution in [0.15, 0.2) is 27.5 Å².